The molecule has 0 atom stereocenters. The van der Waals surface area contributed by atoms with Crippen molar-refractivity contribution in [3.63, 3.8) is 0 Å². The molecule has 0 aromatic heterocycles. The summed E-state index contributed by atoms with van der Waals surface area (Å²) < 4.78 is 0. The average Bonchev–Trinajstić information content (AvgIpc) is 2.00. The third-order valence-corrected chi connectivity index (χ3v) is 0.845. The Balaban J connectivity index is 3.41. The van der Waals surface area contributed by atoms with Crippen LogP contribution >= 0.6 is 0 Å². The van der Waals surface area contributed by atoms with E-state index in [1.54, 1.807) is 5.48 Å². The topological polar surface area (TPSA) is 128 Å². The Kier molecular flexibility index (Phi) is 4.96. The van der Waals surface area contributed by atoms with E-state index in [9.17, 15) is 14.4 Å². The van der Waals surface area contributed by atoms with Crippen LogP contribution in [0.5, 0.6) is 0 Å². The summed E-state index contributed by atoms with van der Waals surface area (Å²) in [6.07, 6.45) is -1.85. The van der Waals surface area contributed by atoms with E-state index in [1.807, 2.05) is 0 Å². The van der Waals surface area contributed by atoms with Crippen molar-refractivity contribution < 1.29 is 29.4 Å². The number of carboxylic acids is 1. The van der Waals surface area contributed by atoms with Crippen LogP contribution in [0.2, 0.25) is 0 Å². The predicted octanol–water partition coefficient (Wildman–Crippen LogP) is -1.09. The first kappa shape index (κ1) is 11.2. The lowest BCUT2D eigenvalue weighted by Crippen LogP contribution is -2.27. The average molecular weight is 192 g/mol. The van der Waals surface area contributed by atoms with E-state index in [0.717, 1.165) is 0 Å². The summed E-state index contributed by atoms with van der Waals surface area (Å²) >= 11 is 0. The van der Waals surface area contributed by atoms with Crippen molar-refractivity contribution in [2.24, 2.45) is 5.73 Å². The number of primary amides is 1. The molecule has 0 unspecified atom stereocenters. The van der Waals surface area contributed by atoms with E-state index < -0.39 is 18.0 Å². The van der Waals surface area contributed by atoms with Gasteiger partial charge in [-0.15, -0.1) is 0 Å². The fourth-order valence-corrected chi connectivity index (χ4v) is 0.380. The fraction of sp³-hybridized carbons (Fsp3) is 0.400. The molecule has 0 rings (SSSR count). The predicted molar refractivity (Wildman–Crippen MR) is 36.8 cm³/mol. The minimum atomic E-state index is -1.22. The molecule has 0 aromatic carbocycles. The van der Waals surface area contributed by atoms with Gasteiger partial charge in [0.1, 0.15) is 0 Å². The van der Waals surface area contributed by atoms with Crippen molar-refractivity contribution in [1.82, 2.24) is 5.48 Å². The van der Waals surface area contributed by atoms with Crippen LogP contribution in [0.25, 0.3) is 0 Å². The van der Waals surface area contributed by atoms with E-state index in [2.05, 4.69) is 15.6 Å². The third-order valence-electron chi connectivity index (χ3n) is 0.845. The normalized spacial score (nSPS) is 8.92. The minimum absolute atomic E-state index is 0.280. The standard InChI is InChI=1S/C5H8N2O6/c6-5(11)12-13-7-3(8)1-2-4(9)10/h1-2H2,(H2,6,11)(H,7,8)(H,9,10). The van der Waals surface area contributed by atoms with Gasteiger partial charge in [-0.1, -0.05) is 4.99 Å². The second-order valence-electron chi connectivity index (χ2n) is 1.90. The number of hydrogen-bond donors (Lipinski definition) is 3. The first-order valence-electron chi connectivity index (χ1n) is 3.16. The number of nitrogens with one attached hydrogen (secondary N) is 1. The number of nitrogens with two attached hydrogens (primary N) is 1. The van der Waals surface area contributed by atoms with Crippen LogP contribution in [0.15, 0.2) is 0 Å². The van der Waals surface area contributed by atoms with Crippen molar-refractivity contribution >= 4 is 18.0 Å². The zero-order valence-corrected chi connectivity index (χ0v) is 6.48. The second kappa shape index (κ2) is 5.77. The second-order valence-corrected chi connectivity index (χ2v) is 1.90. The van der Waals surface area contributed by atoms with Gasteiger partial charge in [-0.2, -0.15) is 5.48 Å². The van der Waals surface area contributed by atoms with Gasteiger partial charge in [0.25, 0.3) is 0 Å². The number of amides is 2. The molecule has 0 aliphatic heterocycles. The monoisotopic (exact) mass is 192 g/mol. The highest BCUT2D eigenvalue weighted by Gasteiger charge is 2.05. The molecule has 0 spiro atoms. The van der Waals surface area contributed by atoms with Crippen LogP contribution in [-0.4, -0.2) is 23.1 Å². The van der Waals surface area contributed by atoms with Gasteiger partial charge in [-0.25, -0.2) is 4.79 Å². The zero-order valence-electron chi connectivity index (χ0n) is 6.48. The Bertz CT molecular complexity index is 215. The van der Waals surface area contributed by atoms with Crippen LogP contribution in [0.1, 0.15) is 12.8 Å². The summed E-state index contributed by atoms with van der Waals surface area (Å²) in [4.78, 5) is 37.9. The van der Waals surface area contributed by atoms with Crippen molar-refractivity contribution in [1.29, 1.82) is 0 Å². The summed E-state index contributed by atoms with van der Waals surface area (Å²) in [7, 11) is 0. The summed E-state index contributed by atoms with van der Waals surface area (Å²) in [5.74, 6) is -1.85. The molecule has 0 fully saturated rings. The van der Waals surface area contributed by atoms with Crippen LogP contribution in [0.3, 0.4) is 0 Å². The Labute approximate surface area is 72.5 Å². The molecule has 8 heteroatoms. The lowest BCUT2D eigenvalue weighted by Gasteiger charge is -2.00. The number of rotatable bonds is 5. The quantitative estimate of drug-likeness (QED) is 0.375. The molecule has 0 heterocycles. The minimum Gasteiger partial charge on any atom is -0.481 e. The van der Waals surface area contributed by atoms with Crippen LogP contribution in [-0.2, 0) is 19.5 Å². The molecular weight excluding hydrogens is 184 g/mol. The van der Waals surface area contributed by atoms with Gasteiger partial charge < -0.3 is 10.8 Å². The maximum atomic E-state index is 10.6. The Morgan fingerprint density at radius 2 is 1.92 bits per heavy atom. The summed E-state index contributed by atoms with van der Waals surface area (Å²) in [6.45, 7) is 0. The Morgan fingerprint density at radius 1 is 1.31 bits per heavy atom. The lowest BCUT2D eigenvalue weighted by atomic mass is 10.3. The number of carbonyl (C=O) groups is 3. The van der Waals surface area contributed by atoms with Crippen molar-refractivity contribution in [3.8, 4) is 0 Å². The van der Waals surface area contributed by atoms with Crippen LogP contribution in [0, 0.1) is 0 Å². The van der Waals surface area contributed by atoms with Gasteiger partial charge in [0.2, 0.25) is 5.91 Å². The Morgan fingerprint density at radius 3 is 2.38 bits per heavy atom. The maximum absolute atomic E-state index is 10.6. The van der Waals surface area contributed by atoms with Gasteiger partial charge in [-0.05, 0) is 0 Å². The molecule has 0 saturated carbocycles. The molecule has 0 aliphatic rings. The molecule has 8 nitrogen and oxygen atoms in total. The molecule has 13 heavy (non-hydrogen) atoms. The van der Waals surface area contributed by atoms with Crippen molar-refractivity contribution in [2.75, 3.05) is 0 Å². The molecule has 0 radical (unpaired) electrons. The number of carbonyl (C=O) groups excluding carboxylic acids is 2. The van der Waals surface area contributed by atoms with Gasteiger partial charge in [-0.3, -0.25) is 14.5 Å². The summed E-state index contributed by atoms with van der Waals surface area (Å²) in [5, 5.41) is 8.15. The van der Waals surface area contributed by atoms with Crippen LogP contribution in [0.4, 0.5) is 4.79 Å². The van der Waals surface area contributed by atoms with Crippen molar-refractivity contribution in [3.05, 3.63) is 0 Å². The highest BCUT2D eigenvalue weighted by atomic mass is 17.3. The first-order valence-corrected chi connectivity index (χ1v) is 3.16. The van der Waals surface area contributed by atoms with Gasteiger partial charge in [0, 0.05) is 6.42 Å². The van der Waals surface area contributed by atoms with E-state index in [4.69, 9.17) is 5.11 Å². The summed E-state index contributed by atoms with van der Waals surface area (Å²) in [6, 6.07) is 0. The fourth-order valence-electron chi connectivity index (χ4n) is 0.380. The number of hydrogen-bond acceptors (Lipinski definition) is 5. The van der Waals surface area contributed by atoms with E-state index in [0.29, 0.717) is 0 Å². The molecule has 0 aromatic rings. The molecule has 0 bridgehead atoms. The van der Waals surface area contributed by atoms with Crippen LogP contribution < -0.4 is 11.2 Å². The zero-order chi connectivity index (χ0) is 10.3. The van der Waals surface area contributed by atoms with E-state index in [1.165, 1.54) is 0 Å². The number of aliphatic carboxylic acids is 1. The van der Waals surface area contributed by atoms with Gasteiger partial charge in [0.05, 0.1) is 6.42 Å². The number of carboxylic acid groups (broad SMARTS) is 1. The molecule has 0 saturated heterocycles. The largest absolute Gasteiger partial charge is 0.481 e. The summed E-state index contributed by atoms with van der Waals surface area (Å²) in [5.41, 5.74) is 6.11. The SMILES string of the molecule is NC(=O)OONC(=O)CCC(=O)O. The molecular formula is C5H8N2O6. The lowest BCUT2D eigenvalue weighted by molar-refractivity contribution is -0.277. The molecule has 2 amide bonds. The van der Waals surface area contributed by atoms with E-state index >= 15 is 0 Å². The van der Waals surface area contributed by atoms with Crippen molar-refractivity contribution in [2.45, 2.75) is 12.8 Å². The van der Waals surface area contributed by atoms with Gasteiger partial charge in [0.15, 0.2) is 0 Å². The third kappa shape index (κ3) is 8.07. The number of hydroxylamine groups is 1. The highest BCUT2D eigenvalue weighted by molar-refractivity contribution is 5.79. The first-order chi connectivity index (χ1) is 6.02. The van der Waals surface area contributed by atoms with Gasteiger partial charge >= 0.3 is 12.1 Å². The molecule has 74 valence electrons. The Hall–Kier alpha value is -1.83. The smallest absolute Gasteiger partial charge is 0.438 e. The molecule has 4 N–H and O–H groups in total. The highest BCUT2D eigenvalue weighted by Crippen LogP contribution is 1.88. The molecule has 0 aliphatic carbocycles. The maximum Gasteiger partial charge on any atom is 0.438 e. The van der Waals surface area contributed by atoms with E-state index in [-0.39, 0.29) is 12.8 Å².